The highest BCUT2D eigenvalue weighted by molar-refractivity contribution is 5.93. The van der Waals surface area contributed by atoms with Gasteiger partial charge in [-0.1, -0.05) is 6.07 Å². The molecule has 7 nitrogen and oxygen atoms in total. The molecule has 5 rings (SSSR count). The fourth-order valence-corrected chi connectivity index (χ4v) is 5.49. The van der Waals surface area contributed by atoms with Crippen molar-refractivity contribution in [1.29, 1.82) is 0 Å². The molecule has 0 saturated carbocycles. The summed E-state index contributed by atoms with van der Waals surface area (Å²) in [7, 11) is 0. The third-order valence-corrected chi connectivity index (χ3v) is 7.12. The van der Waals surface area contributed by atoms with Crippen LogP contribution in [0.4, 0.5) is 5.82 Å². The van der Waals surface area contributed by atoms with Crippen molar-refractivity contribution in [3.8, 4) is 0 Å². The second-order valence-corrected chi connectivity index (χ2v) is 8.70. The molecule has 29 heavy (non-hydrogen) atoms. The van der Waals surface area contributed by atoms with Crippen LogP contribution in [-0.2, 0) is 4.74 Å². The number of pyridine rings is 1. The Morgan fingerprint density at radius 3 is 3.00 bits per heavy atom. The van der Waals surface area contributed by atoms with E-state index >= 15 is 0 Å². The number of amides is 1. The molecule has 2 aromatic heterocycles. The predicted octanol–water partition coefficient (Wildman–Crippen LogP) is 2.21. The first-order valence-electron chi connectivity index (χ1n) is 10.4. The Morgan fingerprint density at radius 1 is 1.31 bits per heavy atom. The van der Waals surface area contributed by atoms with Gasteiger partial charge in [-0.25, -0.2) is 9.97 Å². The number of fused-ring (bicyclic) bond motifs is 1. The van der Waals surface area contributed by atoms with Crippen molar-refractivity contribution >= 4 is 11.7 Å². The van der Waals surface area contributed by atoms with Crippen molar-refractivity contribution in [2.24, 2.45) is 11.8 Å². The summed E-state index contributed by atoms with van der Waals surface area (Å²) >= 11 is 0. The number of aromatic nitrogens is 3. The average Bonchev–Trinajstić information content (AvgIpc) is 3.37. The molecular weight excluding hydrogens is 366 g/mol. The van der Waals surface area contributed by atoms with Crippen molar-refractivity contribution in [2.75, 3.05) is 24.5 Å². The van der Waals surface area contributed by atoms with Crippen LogP contribution in [0.1, 0.15) is 40.2 Å². The van der Waals surface area contributed by atoms with Gasteiger partial charge in [0.1, 0.15) is 17.8 Å². The van der Waals surface area contributed by atoms with Crippen LogP contribution in [0.2, 0.25) is 0 Å². The molecule has 1 spiro atoms. The summed E-state index contributed by atoms with van der Waals surface area (Å²) in [5.41, 5.74) is 3.45. The topological polar surface area (TPSA) is 80.2 Å². The maximum absolute atomic E-state index is 12.6. The summed E-state index contributed by atoms with van der Waals surface area (Å²) in [6.45, 7) is 8.43. The van der Waals surface area contributed by atoms with Gasteiger partial charge >= 0.3 is 0 Å². The van der Waals surface area contributed by atoms with Crippen LogP contribution >= 0.6 is 0 Å². The molecule has 0 aliphatic carbocycles. The van der Waals surface area contributed by atoms with Crippen molar-refractivity contribution in [3.63, 3.8) is 0 Å². The molecule has 3 aliphatic heterocycles. The number of nitrogens with zero attached hydrogens (tertiary/aromatic N) is 4. The van der Waals surface area contributed by atoms with E-state index in [1.807, 2.05) is 26.0 Å². The third-order valence-electron chi connectivity index (χ3n) is 7.12. The van der Waals surface area contributed by atoms with E-state index < -0.39 is 0 Å². The molecule has 2 aromatic rings. The highest BCUT2D eigenvalue weighted by Gasteiger charge is 2.63. The number of hydrogen-bond donors (Lipinski definition) is 1. The molecule has 0 radical (unpaired) electrons. The largest absolute Gasteiger partial charge is 0.369 e. The standard InChI is InChI=1S/C22H27N5O2/c1-13-5-4-8-23-19(13)21(28)24-9-16-17-10-27(11-22(17)7-6-18(16)29-22)20-14(2)15(3)25-12-26-20/h4-5,8,12,16-18H,6-7,9-11H2,1-3H3,(H,24,28)/t16-,17+,18+,22+/m0/s1. The Balaban J connectivity index is 1.32. The summed E-state index contributed by atoms with van der Waals surface area (Å²) in [6, 6.07) is 3.77. The van der Waals surface area contributed by atoms with E-state index in [0.717, 1.165) is 48.6 Å². The second-order valence-electron chi connectivity index (χ2n) is 8.70. The molecule has 3 fully saturated rings. The quantitative estimate of drug-likeness (QED) is 0.858. The molecule has 5 heterocycles. The van der Waals surface area contributed by atoms with E-state index in [9.17, 15) is 4.79 Å². The lowest BCUT2D eigenvalue weighted by molar-refractivity contribution is 0.0141. The minimum Gasteiger partial charge on any atom is -0.369 e. The average molecular weight is 393 g/mol. The number of nitrogens with one attached hydrogen (secondary N) is 1. The number of aryl methyl sites for hydroxylation is 2. The molecule has 3 aliphatic rings. The first-order chi connectivity index (χ1) is 14.0. The molecule has 1 amide bonds. The zero-order valence-electron chi connectivity index (χ0n) is 17.2. The van der Waals surface area contributed by atoms with Gasteiger partial charge in [0.25, 0.3) is 5.91 Å². The van der Waals surface area contributed by atoms with Gasteiger partial charge in [-0.15, -0.1) is 0 Å². The zero-order chi connectivity index (χ0) is 20.2. The number of ether oxygens (including phenoxy) is 1. The highest BCUT2D eigenvalue weighted by Crippen LogP contribution is 2.55. The monoisotopic (exact) mass is 393 g/mol. The lowest BCUT2D eigenvalue weighted by Crippen LogP contribution is -2.42. The minimum atomic E-state index is -0.105. The first kappa shape index (κ1) is 18.5. The molecule has 152 valence electrons. The van der Waals surface area contributed by atoms with E-state index in [4.69, 9.17) is 4.74 Å². The lowest BCUT2D eigenvalue weighted by atomic mass is 9.73. The smallest absolute Gasteiger partial charge is 0.270 e. The van der Waals surface area contributed by atoms with Crippen LogP contribution in [0.5, 0.6) is 0 Å². The van der Waals surface area contributed by atoms with Gasteiger partial charge in [-0.05, 0) is 45.2 Å². The van der Waals surface area contributed by atoms with Crippen LogP contribution in [0.15, 0.2) is 24.7 Å². The first-order valence-corrected chi connectivity index (χ1v) is 10.4. The Morgan fingerprint density at radius 2 is 2.17 bits per heavy atom. The molecule has 1 N–H and O–H groups in total. The van der Waals surface area contributed by atoms with E-state index in [1.54, 1.807) is 12.5 Å². The van der Waals surface area contributed by atoms with Gasteiger partial charge < -0.3 is 15.0 Å². The highest BCUT2D eigenvalue weighted by atomic mass is 16.5. The van der Waals surface area contributed by atoms with E-state index in [1.165, 1.54) is 0 Å². The Bertz CT molecular complexity index is 964. The fraction of sp³-hybridized carbons (Fsp3) is 0.545. The van der Waals surface area contributed by atoms with Gasteiger partial charge in [-0.2, -0.15) is 0 Å². The molecule has 7 heteroatoms. The van der Waals surface area contributed by atoms with Gasteiger partial charge in [0, 0.05) is 48.9 Å². The van der Waals surface area contributed by atoms with E-state index in [-0.39, 0.29) is 17.6 Å². The van der Waals surface area contributed by atoms with Crippen molar-refractivity contribution in [1.82, 2.24) is 20.3 Å². The van der Waals surface area contributed by atoms with Crippen LogP contribution < -0.4 is 10.2 Å². The van der Waals surface area contributed by atoms with Crippen LogP contribution in [-0.4, -0.2) is 52.2 Å². The van der Waals surface area contributed by atoms with Crippen LogP contribution in [0.3, 0.4) is 0 Å². The molecule has 3 saturated heterocycles. The maximum Gasteiger partial charge on any atom is 0.270 e. The predicted molar refractivity (Wildman–Crippen MR) is 109 cm³/mol. The lowest BCUT2D eigenvalue weighted by Gasteiger charge is -2.29. The fourth-order valence-electron chi connectivity index (χ4n) is 5.49. The summed E-state index contributed by atoms with van der Waals surface area (Å²) in [4.78, 5) is 28.1. The minimum absolute atomic E-state index is 0.1000. The number of hydrogen-bond acceptors (Lipinski definition) is 6. The van der Waals surface area contributed by atoms with Gasteiger partial charge in [-0.3, -0.25) is 9.78 Å². The van der Waals surface area contributed by atoms with Crippen molar-refractivity contribution < 1.29 is 9.53 Å². The number of rotatable bonds is 4. The maximum atomic E-state index is 12.6. The normalized spacial score (nSPS) is 29.9. The van der Waals surface area contributed by atoms with Crippen LogP contribution in [0, 0.1) is 32.6 Å². The number of carbonyl (C=O) groups is 1. The molecule has 2 bridgehead atoms. The summed E-state index contributed by atoms with van der Waals surface area (Å²) in [6.07, 6.45) is 5.70. The molecule has 0 aromatic carbocycles. The summed E-state index contributed by atoms with van der Waals surface area (Å²) < 4.78 is 6.53. The molecular formula is C22H27N5O2. The number of carbonyl (C=O) groups excluding carboxylic acids is 1. The van der Waals surface area contributed by atoms with E-state index in [2.05, 4.69) is 32.1 Å². The number of anilines is 1. The van der Waals surface area contributed by atoms with Gasteiger partial charge in [0.15, 0.2) is 0 Å². The summed E-state index contributed by atoms with van der Waals surface area (Å²) in [5, 5.41) is 3.13. The van der Waals surface area contributed by atoms with E-state index in [0.29, 0.717) is 24.1 Å². The van der Waals surface area contributed by atoms with Crippen LogP contribution in [0.25, 0.3) is 0 Å². The van der Waals surface area contributed by atoms with Gasteiger partial charge in [0.05, 0.1) is 11.7 Å². The third kappa shape index (κ3) is 2.90. The SMILES string of the molecule is Cc1cccnc1C(=O)NC[C@H]1[C@H]2CN(c3ncnc(C)c3C)C[C@]23CC[C@H]1O3. The van der Waals surface area contributed by atoms with Crippen molar-refractivity contribution in [3.05, 3.63) is 47.2 Å². The van der Waals surface area contributed by atoms with Crippen molar-refractivity contribution in [2.45, 2.75) is 45.3 Å². The molecule has 0 unspecified atom stereocenters. The summed E-state index contributed by atoms with van der Waals surface area (Å²) in [5.74, 6) is 1.64. The molecule has 4 atom stereocenters. The second kappa shape index (κ2) is 6.76. The Hall–Kier alpha value is -2.54. The Kier molecular flexibility index (Phi) is 4.31. The Labute approximate surface area is 170 Å². The van der Waals surface area contributed by atoms with Gasteiger partial charge in [0.2, 0.25) is 0 Å². The zero-order valence-corrected chi connectivity index (χ0v) is 17.2.